The summed E-state index contributed by atoms with van der Waals surface area (Å²) in [6.45, 7) is 4.23. The van der Waals surface area contributed by atoms with Crippen LogP contribution in [0.15, 0.2) is 12.2 Å². The quantitative estimate of drug-likeness (QED) is 0.667. The van der Waals surface area contributed by atoms with Gasteiger partial charge in [0.15, 0.2) is 0 Å². The molecule has 0 unspecified atom stereocenters. The van der Waals surface area contributed by atoms with Gasteiger partial charge in [0, 0.05) is 32.5 Å². The minimum absolute atomic E-state index is 0.0355. The summed E-state index contributed by atoms with van der Waals surface area (Å²) in [5, 5.41) is 0. The highest BCUT2D eigenvalue weighted by Crippen LogP contribution is 2.27. The Morgan fingerprint density at radius 1 is 1.20 bits per heavy atom. The van der Waals surface area contributed by atoms with Crippen molar-refractivity contribution < 1.29 is 14.3 Å². The Kier molecular flexibility index (Phi) is 3.78. The van der Waals surface area contributed by atoms with Crippen LogP contribution in [-0.4, -0.2) is 60.0 Å². The van der Waals surface area contributed by atoms with Crippen LogP contribution in [0.2, 0.25) is 0 Å². The Hall–Kier alpha value is -1.36. The molecule has 0 aromatic rings. The molecule has 0 spiro atoms. The summed E-state index contributed by atoms with van der Waals surface area (Å²) in [5.41, 5.74) is 0. The van der Waals surface area contributed by atoms with E-state index in [1.165, 1.54) is 0 Å². The molecule has 0 N–H and O–H groups in total. The third-order valence-corrected chi connectivity index (χ3v) is 4.66. The van der Waals surface area contributed by atoms with E-state index in [-0.39, 0.29) is 29.9 Å². The number of fused-ring (bicyclic) bond motifs is 1. The topological polar surface area (TPSA) is 49.9 Å². The van der Waals surface area contributed by atoms with Crippen LogP contribution >= 0.6 is 0 Å². The highest BCUT2D eigenvalue weighted by atomic mass is 16.5. The van der Waals surface area contributed by atoms with Crippen LogP contribution in [0.4, 0.5) is 0 Å². The molecule has 2 aliphatic heterocycles. The molecule has 0 bridgehead atoms. The second-order valence-corrected chi connectivity index (χ2v) is 5.90. The summed E-state index contributed by atoms with van der Waals surface area (Å²) < 4.78 is 5.77. The van der Waals surface area contributed by atoms with E-state index < -0.39 is 0 Å². The first-order chi connectivity index (χ1) is 9.66. The van der Waals surface area contributed by atoms with Gasteiger partial charge in [0.25, 0.3) is 0 Å². The van der Waals surface area contributed by atoms with Crippen LogP contribution in [0.1, 0.15) is 26.2 Å². The number of carbonyl (C=O) groups is 2. The highest BCUT2D eigenvalue weighted by molar-refractivity contribution is 5.80. The number of morpholine rings is 1. The zero-order valence-corrected chi connectivity index (χ0v) is 12.0. The standard InChI is InChI=1S/C15H22N2O3/c1-11(18)17-8-9-20-14-6-7-16(10-13(14)17)15(19)12-4-2-3-5-12/h2-3,12-14H,4-10H2,1H3/t13-,14+/m1/s1. The lowest BCUT2D eigenvalue weighted by molar-refractivity contribution is -0.157. The lowest BCUT2D eigenvalue weighted by atomic mass is 9.96. The van der Waals surface area contributed by atoms with E-state index in [9.17, 15) is 9.59 Å². The van der Waals surface area contributed by atoms with Crippen LogP contribution in [0, 0.1) is 5.92 Å². The number of rotatable bonds is 1. The number of carbonyl (C=O) groups excluding carboxylic acids is 2. The van der Waals surface area contributed by atoms with Crippen molar-refractivity contribution in [2.45, 2.75) is 38.3 Å². The molecule has 5 nitrogen and oxygen atoms in total. The molecule has 0 aromatic heterocycles. The molecule has 0 radical (unpaired) electrons. The van der Waals surface area contributed by atoms with E-state index in [0.29, 0.717) is 19.7 Å². The lowest BCUT2D eigenvalue weighted by Crippen LogP contribution is -2.62. The molecule has 0 aromatic carbocycles. The Bertz CT molecular complexity index is 427. The molecule has 2 atom stereocenters. The molecular weight excluding hydrogens is 256 g/mol. The van der Waals surface area contributed by atoms with Gasteiger partial charge in [0.1, 0.15) is 0 Å². The van der Waals surface area contributed by atoms with Crippen molar-refractivity contribution in [2.75, 3.05) is 26.2 Å². The fourth-order valence-corrected chi connectivity index (χ4v) is 3.54. The van der Waals surface area contributed by atoms with E-state index >= 15 is 0 Å². The van der Waals surface area contributed by atoms with Gasteiger partial charge < -0.3 is 14.5 Å². The van der Waals surface area contributed by atoms with Crippen LogP contribution in [-0.2, 0) is 14.3 Å². The molecule has 2 fully saturated rings. The Morgan fingerprint density at radius 2 is 1.95 bits per heavy atom. The second kappa shape index (κ2) is 5.56. The number of hydrogen-bond donors (Lipinski definition) is 0. The minimum Gasteiger partial charge on any atom is -0.374 e. The minimum atomic E-state index is 0.0355. The van der Waals surface area contributed by atoms with Gasteiger partial charge in [-0.3, -0.25) is 9.59 Å². The monoisotopic (exact) mass is 278 g/mol. The fraction of sp³-hybridized carbons (Fsp3) is 0.733. The van der Waals surface area contributed by atoms with Gasteiger partial charge in [-0.05, 0) is 19.3 Å². The Balaban J connectivity index is 1.68. The summed E-state index contributed by atoms with van der Waals surface area (Å²) >= 11 is 0. The van der Waals surface area contributed by atoms with Crippen molar-refractivity contribution in [1.82, 2.24) is 9.80 Å². The second-order valence-electron chi connectivity index (χ2n) is 5.90. The number of hydrogen-bond acceptors (Lipinski definition) is 3. The number of piperidine rings is 1. The van der Waals surface area contributed by atoms with E-state index in [1.807, 2.05) is 9.80 Å². The average Bonchev–Trinajstić information content (AvgIpc) is 2.99. The van der Waals surface area contributed by atoms with Crippen molar-refractivity contribution in [1.29, 1.82) is 0 Å². The smallest absolute Gasteiger partial charge is 0.226 e. The molecule has 3 aliphatic rings. The van der Waals surface area contributed by atoms with Crippen molar-refractivity contribution in [3.63, 3.8) is 0 Å². The first-order valence-electron chi connectivity index (χ1n) is 7.49. The van der Waals surface area contributed by atoms with Crippen molar-refractivity contribution >= 4 is 11.8 Å². The molecule has 3 rings (SSSR count). The molecule has 2 heterocycles. The molecule has 2 amide bonds. The summed E-state index contributed by atoms with van der Waals surface area (Å²) in [7, 11) is 0. The van der Waals surface area contributed by atoms with Gasteiger partial charge in [0.2, 0.25) is 11.8 Å². The van der Waals surface area contributed by atoms with Crippen molar-refractivity contribution in [3.05, 3.63) is 12.2 Å². The summed E-state index contributed by atoms with van der Waals surface area (Å²) in [6, 6.07) is 0.0355. The van der Waals surface area contributed by atoms with Gasteiger partial charge in [0.05, 0.1) is 18.8 Å². The van der Waals surface area contributed by atoms with Crippen LogP contribution in [0.25, 0.3) is 0 Å². The molecular formula is C15H22N2O3. The average molecular weight is 278 g/mol. The number of nitrogens with zero attached hydrogens (tertiary/aromatic N) is 2. The van der Waals surface area contributed by atoms with Crippen LogP contribution in [0.5, 0.6) is 0 Å². The molecule has 110 valence electrons. The molecule has 5 heteroatoms. The summed E-state index contributed by atoms with van der Waals surface area (Å²) in [5.74, 6) is 0.435. The zero-order valence-electron chi connectivity index (χ0n) is 12.0. The van der Waals surface area contributed by atoms with Gasteiger partial charge in [-0.2, -0.15) is 0 Å². The van der Waals surface area contributed by atoms with Gasteiger partial charge in [-0.15, -0.1) is 0 Å². The van der Waals surface area contributed by atoms with Crippen molar-refractivity contribution in [2.24, 2.45) is 5.92 Å². The number of allylic oxidation sites excluding steroid dienone is 2. The third-order valence-electron chi connectivity index (χ3n) is 4.66. The van der Waals surface area contributed by atoms with E-state index in [1.54, 1.807) is 6.92 Å². The van der Waals surface area contributed by atoms with Crippen LogP contribution < -0.4 is 0 Å². The van der Waals surface area contributed by atoms with E-state index in [2.05, 4.69) is 12.2 Å². The van der Waals surface area contributed by atoms with Gasteiger partial charge >= 0.3 is 0 Å². The normalized spacial score (nSPS) is 30.4. The summed E-state index contributed by atoms with van der Waals surface area (Å²) in [6.07, 6.45) is 6.81. The SMILES string of the molecule is CC(=O)N1CCO[C@H]2CCN(C(=O)C3CC=CC3)C[C@H]21. The number of amides is 2. The Morgan fingerprint density at radius 3 is 2.65 bits per heavy atom. The molecule has 0 saturated carbocycles. The van der Waals surface area contributed by atoms with Gasteiger partial charge in [-0.25, -0.2) is 0 Å². The fourth-order valence-electron chi connectivity index (χ4n) is 3.54. The van der Waals surface area contributed by atoms with Crippen LogP contribution in [0.3, 0.4) is 0 Å². The first kappa shape index (κ1) is 13.6. The predicted octanol–water partition coefficient (Wildman–Crippen LogP) is 0.801. The molecule has 2 saturated heterocycles. The first-order valence-corrected chi connectivity index (χ1v) is 7.49. The summed E-state index contributed by atoms with van der Waals surface area (Å²) in [4.78, 5) is 28.0. The molecule has 1 aliphatic carbocycles. The maximum atomic E-state index is 12.5. The maximum absolute atomic E-state index is 12.5. The highest BCUT2D eigenvalue weighted by Gasteiger charge is 2.40. The maximum Gasteiger partial charge on any atom is 0.226 e. The lowest BCUT2D eigenvalue weighted by Gasteiger charge is -2.47. The van der Waals surface area contributed by atoms with Gasteiger partial charge in [-0.1, -0.05) is 12.2 Å². The number of likely N-dealkylation sites (tertiary alicyclic amines) is 1. The van der Waals surface area contributed by atoms with Crippen molar-refractivity contribution in [3.8, 4) is 0 Å². The third kappa shape index (κ3) is 2.46. The zero-order chi connectivity index (χ0) is 14.1. The number of ether oxygens (including phenoxy) is 1. The van der Waals surface area contributed by atoms with E-state index in [0.717, 1.165) is 25.8 Å². The Labute approximate surface area is 119 Å². The molecule has 20 heavy (non-hydrogen) atoms. The predicted molar refractivity (Wildman–Crippen MR) is 74.0 cm³/mol. The van der Waals surface area contributed by atoms with E-state index in [4.69, 9.17) is 4.74 Å². The largest absolute Gasteiger partial charge is 0.374 e.